The van der Waals surface area contributed by atoms with Crippen molar-refractivity contribution in [3.05, 3.63) is 29.3 Å². The van der Waals surface area contributed by atoms with Crippen LogP contribution in [0.15, 0.2) is 18.2 Å². The first-order chi connectivity index (χ1) is 9.15. The zero-order valence-electron chi connectivity index (χ0n) is 12.3. The van der Waals surface area contributed by atoms with Crippen molar-refractivity contribution in [3.63, 3.8) is 0 Å². The zero-order chi connectivity index (χ0) is 13.8. The smallest absolute Gasteiger partial charge is 0.119 e. The number of aryl methyl sites for hydroxylation is 1. The molecule has 2 rings (SSSR count). The molecule has 1 aliphatic rings. The highest BCUT2D eigenvalue weighted by atomic mass is 16.5. The molecule has 106 valence electrons. The van der Waals surface area contributed by atoms with Crippen molar-refractivity contribution >= 4 is 0 Å². The minimum Gasteiger partial charge on any atom is -0.497 e. The summed E-state index contributed by atoms with van der Waals surface area (Å²) in [6.07, 6.45) is 5.21. The standard InChI is InChI=1S/C16H26N2O/c1-11-5-4-6-13(9-11)16(18-17)15-8-7-14(19-3)10-12(15)2/h7-8,10-11,13,16,18H,4-6,9,17H2,1-3H3. The molecular formula is C16H26N2O. The molecule has 0 amide bonds. The topological polar surface area (TPSA) is 47.3 Å². The van der Waals surface area contributed by atoms with E-state index in [-0.39, 0.29) is 6.04 Å². The first-order valence-corrected chi connectivity index (χ1v) is 7.26. The molecule has 3 atom stereocenters. The molecule has 3 nitrogen and oxygen atoms in total. The first-order valence-electron chi connectivity index (χ1n) is 7.26. The first kappa shape index (κ1) is 14.4. The number of nitrogens with two attached hydrogens (primary N) is 1. The highest BCUT2D eigenvalue weighted by Crippen LogP contribution is 2.38. The van der Waals surface area contributed by atoms with Gasteiger partial charge in [0.2, 0.25) is 0 Å². The Balaban J connectivity index is 2.21. The molecule has 1 aromatic carbocycles. The molecule has 0 heterocycles. The summed E-state index contributed by atoms with van der Waals surface area (Å²) in [5, 5.41) is 0. The fraction of sp³-hybridized carbons (Fsp3) is 0.625. The zero-order valence-corrected chi connectivity index (χ0v) is 12.3. The number of nitrogens with one attached hydrogen (secondary N) is 1. The fourth-order valence-electron chi connectivity index (χ4n) is 3.39. The van der Waals surface area contributed by atoms with E-state index in [1.54, 1.807) is 7.11 Å². The average molecular weight is 262 g/mol. The van der Waals surface area contributed by atoms with Crippen LogP contribution in [0.5, 0.6) is 5.75 Å². The third kappa shape index (κ3) is 3.28. The molecule has 3 N–H and O–H groups in total. The highest BCUT2D eigenvalue weighted by Gasteiger charge is 2.28. The van der Waals surface area contributed by atoms with Gasteiger partial charge in [-0.3, -0.25) is 11.3 Å². The molecule has 0 spiro atoms. The Kier molecular flexibility index (Phi) is 4.83. The molecule has 1 aliphatic carbocycles. The van der Waals surface area contributed by atoms with E-state index in [0.717, 1.165) is 11.7 Å². The van der Waals surface area contributed by atoms with Crippen LogP contribution in [-0.2, 0) is 0 Å². The monoisotopic (exact) mass is 262 g/mol. The molecule has 0 aromatic heterocycles. The summed E-state index contributed by atoms with van der Waals surface area (Å²) in [5.41, 5.74) is 5.60. The Hall–Kier alpha value is -1.06. The second-order valence-corrected chi connectivity index (χ2v) is 5.90. The normalized spacial score (nSPS) is 25.1. The second-order valence-electron chi connectivity index (χ2n) is 5.90. The van der Waals surface area contributed by atoms with E-state index in [4.69, 9.17) is 10.6 Å². The molecule has 0 bridgehead atoms. The number of methoxy groups -OCH3 is 1. The van der Waals surface area contributed by atoms with Crippen LogP contribution in [0.3, 0.4) is 0 Å². The van der Waals surface area contributed by atoms with Gasteiger partial charge >= 0.3 is 0 Å². The van der Waals surface area contributed by atoms with Crippen molar-refractivity contribution in [3.8, 4) is 5.75 Å². The van der Waals surface area contributed by atoms with Crippen molar-refractivity contribution in [1.29, 1.82) is 0 Å². The van der Waals surface area contributed by atoms with E-state index in [1.807, 2.05) is 6.07 Å². The summed E-state index contributed by atoms with van der Waals surface area (Å²) in [7, 11) is 1.70. The molecule has 3 heteroatoms. The minimum absolute atomic E-state index is 0.258. The number of ether oxygens (including phenoxy) is 1. The molecule has 19 heavy (non-hydrogen) atoms. The lowest BCUT2D eigenvalue weighted by Crippen LogP contribution is -2.36. The number of hydrogen-bond acceptors (Lipinski definition) is 3. The molecule has 0 radical (unpaired) electrons. The van der Waals surface area contributed by atoms with Gasteiger partial charge in [-0.15, -0.1) is 0 Å². The minimum atomic E-state index is 0.258. The third-order valence-electron chi connectivity index (χ3n) is 4.44. The SMILES string of the molecule is COc1ccc(C(NN)C2CCCC(C)C2)c(C)c1. The van der Waals surface area contributed by atoms with Crippen molar-refractivity contribution < 1.29 is 4.74 Å². The van der Waals surface area contributed by atoms with Crippen LogP contribution in [0.4, 0.5) is 0 Å². The Morgan fingerprint density at radius 1 is 1.37 bits per heavy atom. The molecule has 1 fully saturated rings. The van der Waals surface area contributed by atoms with E-state index in [0.29, 0.717) is 5.92 Å². The van der Waals surface area contributed by atoms with E-state index in [9.17, 15) is 0 Å². The van der Waals surface area contributed by atoms with E-state index < -0.39 is 0 Å². The second kappa shape index (κ2) is 6.40. The highest BCUT2D eigenvalue weighted by molar-refractivity contribution is 5.37. The van der Waals surface area contributed by atoms with Gasteiger partial charge in [-0.1, -0.05) is 25.8 Å². The maximum atomic E-state index is 5.84. The predicted molar refractivity (Wildman–Crippen MR) is 78.9 cm³/mol. The Labute approximate surface area is 116 Å². The van der Waals surface area contributed by atoms with Crippen molar-refractivity contribution in [2.75, 3.05) is 7.11 Å². The van der Waals surface area contributed by atoms with Crippen LogP contribution in [-0.4, -0.2) is 7.11 Å². The van der Waals surface area contributed by atoms with Crippen molar-refractivity contribution in [2.45, 2.75) is 45.6 Å². The van der Waals surface area contributed by atoms with Gasteiger partial charge in [0.05, 0.1) is 7.11 Å². The largest absolute Gasteiger partial charge is 0.497 e. The average Bonchev–Trinajstić information content (AvgIpc) is 2.41. The molecule has 1 saturated carbocycles. The number of hydrogen-bond donors (Lipinski definition) is 2. The maximum absolute atomic E-state index is 5.84. The lowest BCUT2D eigenvalue weighted by molar-refractivity contribution is 0.224. The van der Waals surface area contributed by atoms with E-state index >= 15 is 0 Å². The third-order valence-corrected chi connectivity index (χ3v) is 4.44. The van der Waals surface area contributed by atoms with E-state index in [2.05, 4.69) is 31.4 Å². The number of hydrazine groups is 1. The summed E-state index contributed by atoms with van der Waals surface area (Å²) < 4.78 is 5.27. The van der Waals surface area contributed by atoms with Gasteiger partial charge in [0, 0.05) is 6.04 Å². The maximum Gasteiger partial charge on any atom is 0.119 e. The van der Waals surface area contributed by atoms with Crippen LogP contribution >= 0.6 is 0 Å². The molecule has 0 saturated heterocycles. The van der Waals surface area contributed by atoms with Gasteiger partial charge in [0.25, 0.3) is 0 Å². The van der Waals surface area contributed by atoms with Crippen LogP contribution in [0.1, 0.15) is 49.8 Å². The Morgan fingerprint density at radius 2 is 2.16 bits per heavy atom. The van der Waals surface area contributed by atoms with Gasteiger partial charge < -0.3 is 4.74 Å². The summed E-state index contributed by atoms with van der Waals surface area (Å²) in [5.74, 6) is 8.20. The molecule has 0 aliphatic heterocycles. The Bertz CT molecular complexity index is 419. The van der Waals surface area contributed by atoms with Gasteiger partial charge in [-0.25, -0.2) is 0 Å². The summed E-state index contributed by atoms with van der Waals surface area (Å²) in [6, 6.07) is 6.52. The lowest BCUT2D eigenvalue weighted by Gasteiger charge is -2.34. The quantitative estimate of drug-likeness (QED) is 0.646. The Morgan fingerprint density at radius 3 is 2.74 bits per heavy atom. The van der Waals surface area contributed by atoms with Crippen LogP contribution in [0.25, 0.3) is 0 Å². The summed E-state index contributed by atoms with van der Waals surface area (Å²) in [6.45, 7) is 4.48. The molecule has 3 unspecified atom stereocenters. The van der Waals surface area contributed by atoms with Gasteiger partial charge in [-0.05, 0) is 54.9 Å². The van der Waals surface area contributed by atoms with Crippen LogP contribution in [0, 0.1) is 18.8 Å². The van der Waals surface area contributed by atoms with E-state index in [1.165, 1.54) is 36.8 Å². The summed E-state index contributed by atoms with van der Waals surface area (Å²) in [4.78, 5) is 0. The van der Waals surface area contributed by atoms with Gasteiger partial charge in [0.15, 0.2) is 0 Å². The fourth-order valence-corrected chi connectivity index (χ4v) is 3.39. The van der Waals surface area contributed by atoms with Gasteiger partial charge in [-0.2, -0.15) is 0 Å². The van der Waals surface area contributed by atoms with Crippen molar-refractivity contribution in [1.82, 2.24) is 5.43 Å². The predicted octanol–water partition coefficient (Wildman–Crippen LogP) is 3.33. The summed E-state index contributed by atoms with van der Waals surface area (Å²) >= 11 is 0. The molecule has 1 aromatic rings. The number of rotatable bonds is 4. The lowest BCUT2D eigenvalue weighted by atomic mass is 9.76. The number of benzene rings is 1. The van der Waals surface area contributed by atoms with Crippen molar-refractivity contribution in [2.24, 2.45) is 17.7 Å². The molecular weight excluding hydrogens is 236 g/mol. The van der Waals surface area contributed by atoms with Crippen LogP contribution < -0.4 is 16.0 Å². The van der Waals surface area contributed by atoms with Gasteiger partial charge in [0.1, 0.15) is 5.75 Å². The van der Waals surface area contributed by atoms with Crippen LogP contribution in [0.2, 0.25) is 0 Å².